The lowest BCUT2D eigenvalue weighted by atomic mass is 10.2. The van der Waals surface area contributed by atoms with Crippen molar-refractivity contribution in [3.05, 3.63) is 0 Å². The second-order valence-corrected chi connectivity index (χ2v) is 3.60. The molecule has 0 aromatic heterocycles. The fourth-order valence-electron chi connectivity index (χ4n) is 1.86. The number of fused-ring (bicyclic) bond motifs is 1. The Morgan fingerprint density at radius 2 is 2.06 bits per heavy atom. The molecule has 0 aliphatic carbocycles. The topological polar surface area (TPSA) is 99.8 Å². The SMILES string of the molecule is COC(=O)[C@@H](C)N1C(=O)N[C@@H]2NC(=O)N[C@@H]21. The van der Waals surface area contributed by atoms with Crippen LogP contribution in [0.3, 0.4) is 0 Å². The van der Waals surface area contributed by atoms with Gasteiger partial charge in [0.1, 0.15) is 18.4 Å². The van der Waals surface area contributed by atoms with Gasteiger partial charge >= 0.3 is 18.0 Å². The average molecular weight is 228 g/mol. The van der Waals surface area contributed by atoms with E-state index in [0.29, 0.717) is 0 Å². The maximum atomic E-state index is 11.6. The van der Waals surface area contributed by atoms with Gasteiger partial charge in [-0.15, -0.1) is 0 Å². The van der Waals surface area contributed by atoms with E-state index in [1.807, 2.05) is 0 Å². The zero-order chi connectivity index (χ0) is 11.9. The Labute approximate surface area is 91.3 Å². The number of amides is 4. The average Bonchev–Trinajstić information content (AvgIpc) is 2.70. The van der Waals surface area contributed by atoms with Gasteiger partial charge in [-0.3, -0.25) is 4.90 Å². The van der Waals surface area contributed by atoms with Gasteiger partial charge in [0.2, 0.25) is 0 Å². The number of hydrogen-bond acceptors (Lipinski definition) is 4. The summed E-state index contributed by atoms with van der Waals surface area (Å²) in [5.74, 6) is -0.531. The van der Waals surface area contributed by atoms with Crippen LogP contribution in [0, 0.1) is 0 Å². The third kappa shape index (κ3) is 1.42. The minimum atomic E-state index is -0.750. The number of urea groups is 2. The predicted molar refractivity (Wildman–Crippen MR) is 51.1 cm³/mol. The Morgan fingerprint density at radius 1 is 1.38 bits per heavy atom. The van der Waals surface area contributed by atoms with E-state index >= 15 is 0 Å². The number of hydrogen-bond donors (Lipinski definition) is 3. The molecular formula is C8H12N4O4. The van der Waals surface area contributed by atoms with Crippen LogP contribution in [-0.4, -0.2) is 48.4 Å². The molecule has 2 heterocycles. The summed E-state index contributed by atoms with van der Waals surface area (Å²) < 4.78 is 4.55. The van der Waals surface area contributed by atoms with E-state index in [1.54, 1.807) is 0 Å². The number of nitrogens with zero attached hydrogens (tertiary/aromatic N) is 1. The highest BCUT2D eigenvalue weighted by molar-refractivity contribution is 5.88. The van der Waals surface area contributed by atoms with E-state index in [4.69, 9.17) is 0 Å². The third-order valence-corrected chi connectivity index (χ3v) is 2.65. The Hall–Kier alpha value is -1.99. The molecule has 2 aliphatic rings. The van der Waals surface area contributed by atoms with Gasteiger partial charge in [-0.2, -0.15) is 0 Å². The van der Waals surface area contributed by atoms with E-state index in [0.717, 1.165) is 0 Å². The molecular weight excluding hydrogens is 216 g/mol. The van der Waals surface area contributed by atoms with Crippen molar-refractivity contribution in [2.45, 2.75) is 25.3 Å². The number of carbonyl (C=O) groups excluding carboxylic acids is 3. The molecule has 0 aromatic rings. The lowest BCUT2D eigenvalue weighted by molar-refractivity contribution is -0.145. The van der Waals surface area contributed by atoms with Gasteiger partial charge in [-0.05, 0) is 6.92 Å². The lowest BCUT2D eigenvalue weighted by Crippen LogP contribution is -2.51. The Kier molecular flexibility index (Phi) is 2.33. The molecule has 0 saturated carbocycles. The van der Waals surface area contributed by atoms with Crippen molar-refractivity contribution in [3.63, 3.8) is 0 Å². The fraction of sp³-hybridized carbons (Fsp3) is 0.625. The molecule has 0 aromatic carbocycles. The Bertz CT molecular complexity index is 358. The molecule has 2 rings (SSSR count). The van der Waals surface area contributed by atoms with Gasteiger partial charge in [0, 0.05) is 0 Å². The van der Waals surface area contributed by atoms with Crippen LogP contribution in [0.4, 0.5) is 9.59 Å². The van der Waals surface area contributed by atoms with E-state index in [9.17, 15) is 14.4 Å². The van der Waals surface area contributed by atoms with Gasteiger partial charge in [-0.1, -0.05) is 0 Å². The van der Waals surface area contributed by atoms with E-state index in [-0.39, 0.29) is 6.03 Å². The lowest BCUT2D eigenvalue weighted by Gasteiger charge is -2.25. The van der Waals surface area contributed by atoms with Crippen LogP contribution < -0.4 is 16.0 Å². The molecule has 0 bridgehead atoms. The number of methoxy groups -OCH3 is 1. The van der Waals surface area contributed by atoms with Crippen LogP contribution in [0.25, 0.3) is 0 Å². The van der Waals surface area contributed by atoms with Crippen molar-refractivity contribution in [2.75, 3.05) is 7.11 Å². The highest BCUT2D eigenvalue weighted by atomic mass is 16.5. The van der Waals surface area contributed by atoms with Crippen LogP contribution in [0.15, 0.2) is 0 Å². The monoisotopic (exact) mass is 228 g/mol. The summed E-state index contributed by atoms with van der Waals surface area (Å²) in [4.78, 5) is 35.2. The van der Waals surface area contributed by atoms with Gasteiger partial charge in [-0.25, -0.2) is 14.4 Å². The molecule has 4 amide bonds. The quantitative estimate of drug-likeness (QED) is 0.503. The van der Waals surface area contributed by atoms with Crippen molar-refractivity contribution in [1.82, 2.24) is 20.9 Å². The minimum Gasteiger partial charge on any atom is -0.467 e. The molecule has 88 valence electrons. The molecule has 0 spiro atoms. The third-order valence-electron chi connectivity index (χ3n) is 2.65. The van der Waals surface area contributed by atoms with Gasteiger partial charge < -0.3 is 20.7 Å². The highest BCUT2D eigenvalue weighted by Gasteiger charge is 2.48. The minimum absolute atomic E-state index is 0.378. The van der Waals surface area contributed by atoms with Crippen molar-refractivity contribution >= 4 is 18.0 Å². The molecule has 2 saturated heterocycles. The Morgan fingerprint density at radius 3 is 2.69 bits per heavy atom. The molecule has 0 radical (unpaired) electrons. The van der Waals surface area contributed by atoms with Crippen molar-refractivity contribution < 1.29 is 19.1 Å². The van der Waals surface area contributed by atoms with E-state index in [1.165, 1.54) is 18.9 Å². The van der Waals surface area contributed by atoms with Gasteiger partial charge in [0.05, 0.1) is 7.11 Å². The van der Waals surface area contributed by atoms with Crippen LogP contribution in [0.1, 0.15) is 6.92 Å². The summed E-state index contributed by atoms with van der Waals surface area (Å²) in [5.41, 5.74) is 0. The molecule has 16 heavy (non-hydrogen) atoms. The summed E-state index contributed by atoms with van der Waals surface area (Å²) in [6.07, 6.45) is -1.07. The standard InChI is InChI=1S/C8H12N4O4/c1-3(6(13)16-2)12-5-4(10-8(12)15)9-7(14)11-5/h3-5H,1-2H3,(H,10,15)(H2,9,11,14)/t3-,4+,5-/m1/s1. The number of esters is 1. The zero-order valence-corrected chi connectivity index (χ0v) is 8.81. The summed E-state index contributed by atoms with van der Waals surface area (Å²) >= 11 is 0. The van der Waals surface area contributed by atoms with E-state index in [2.05, 4.69) is 20.7 Å². The molecule has 8 nitrogen and oxygen atoms in total. The molecule has 3 N–H and O–H groups in total. The first kappa shape index (κ1) is 10.5. The first-order valence-corrected chi connectivity index (χ1v) is 4.78. The maximum Gasteiger partial charge on any atom is 0.328 e. The molecule has 3 atom stereocenters. The smallest absolute Gasteiger partial charge is 0.328 e. The molecule has 2 fully saturated rings. The van der Waals surface area contributed by atoms with Crippen LogP contribution in [0.5, 0.6) is 0 Å². The van der Waals surface area contributed by atoms with Gasteiger partial charge in [0.25, 0.3) is 0 Å². The summed E-state index contributed by atoms with van der Waals surface area (Å²) in [6.45, 7) is 1.54. The van der Waals surface area contributed by atoms with Crippen LogP contribution >= 0.6 is 0 Å². The first-order chi connectivity index (χ1) is 7.54. The van der Waals surface area contributed by atoms with E-state index < -0.39 is 30.4 Å². The molecule has 2 aliphatic heterocycles. The second kappa shape index (κ2) is 3.54. The van der Waals surface area contributed by atoms with Gasteiger partial charge in [0.15, 0.2) is 0 Å². The van der Waals surface area contributed by atoms with Crippen molar-refractivity contribution in [1.29, 1.82) is 0 Å². The zero-order valence-electron chi connectivity index (χ0n) is 8.81. The summed E-state index contributed by atoms with van der Waals surface area (Å²) in [6, 6.07) is -1.54. The van der Waals surface area contributed by atoms with Crippen LogP contribution in [-0.2, 0) is 9.53 Å². The summed E-state index contributed by atoms with van der Waals surface area (Å²) in [5, 5.41) is 7.59. The number of carbonyl (C=O) groups is 3. The first-order valence-electron chi connectivity index (χ1n) is 4.78. The highest BCUT2D eigenvalue weighted by Crippen LogP contribution is 2.17. The normalized spacial score (nSPS) is 29.0. The van der Waals surface area contributed by atoms with Crippen molar-refractivity contribution in [3.8, 4) is 0 Å². The largest absolute Gasteiger partial charge is 0.467 e. The molecule has 8 heteroatoms. The second-order valence-electron chi connectivity index (χ2n) is 3.60. The van der Waals surface area contributed by atoms with Crippen molar-refractivity contribution in [2.24, 2.45) is 0 Å². The number of rotatable bonds is 2. The fourth-order valence-corrected chi connectivity index (χ4v) is 1.86. The number of nitrogens with one attached hydrogen (secondary N) is 3. The summed E-state index contributed by atoms with van der Waals surface area (Å²) in [7, 11) is 1.25. The molecule has 0 unspecified atom stereocenters. The number of ether oxygens (including phenoxy) is 1. The Balaban J connectivity index is 2.17. The maximum absolute atomic E-state index is 11.6. The van der Waals surface area contributed by atoms with Crippen LogP contribution in [0.2, 0.25) is 0 Å². The predicted octanol–water partition coefficient (Wildman–Crippen LogP) is -1.46.